The Hall–Kier alpha value is -1.38. The fourth-order valence-electron chi connectivity index (χ4n) is 2.67. The van der Waals surface area contributed by atoms with Gasteiger partial charge in [0.15, 0.2) is 0 Å². The molecule has 2 aliphatic rings. The molecule has 2 fully saturated rings. The van der Waals surface area contributed by atoms with Crippen molar-refractivity contribution in [3.8, 4) is 0 Å². The van der Waals surface area contributed by atoms with Crippen LogP contribution in [0, 0.1) is 0 Å². The maximum Gasteiger partial charge on any atom is 0.326 e. The first-order chi connectivity index (χ1) is 10.1. The lowest BCUT2D eigenvalue weighted by Crippen LogP contribution is -2.48. The summed E-state index contributed by atoms with van der Waals surface area (Å²) in [5, 5.41) is 12.0. The molecule has 2 saturated heterocycles. The second-order valence-corrected chi connectivity index (χ2v) is 5.29. The van der Waals surface area contributed by atoms with E-state index in [1.807, 2.05) is 0 Å². The summed E-state index contributed by atoms with van der Waals surface area (Å²) in [6.07, 6.45) is 0.124. The SMILES string of the molecule is COC1CC(C(=O)O)N(C(=O)NCCN2CCOCC2)C1. The molecular weight excluding hydrogens is 278 g/mol. The van der Waals surface area contributed by atoms with Crippen LogP contribution in [0.4, 0.5) is 4.79 Å². The van der Waals surface area contributed by atoms with Gasteiger partial charge in [0.25, 0.3) is 0 Å². The highest BCUT2D eigenvalue weighted by Gasteiger charge is 2.39. The van der Waals surface area contributed by atoms with Crippen LogP contribution >= 0.6 is 0 Å². The Morgan fingerprint density at radius 3 is 2.71 bits per heavy atom. The zero-order chi connectivity index (χ0) is 15.2. The van der Waals surface area contributed by atoms with E-state index >= 15 is 0 Å². The van der Waals surface area contributed by atoms with Gasteiger partial charge in [-0.25, -0.2) is 9.59 Å². The summed E-state index contributed by atoms with van der Waals surface area (Å²) in [4.78, 5) is 26.9. The van der Waals surface area contributed by atoms with Gasteiger partial charge < -0.3 is 24.8 Å². The number of amides is 2. The smallest absolute Gasteiger partial charge is 0.326 e. The molecule has 0 aliphatic carbocycles. The molecule has 21 heavy (non-hydrogen) atoms. The van der Waals surface area contributed by atoms with E-state index in [4.69, 9.17) is 9.47 Å². The minimum absolute atomic E-state index is 0.212. The number of rotatable bonds is 5. The van der Waals surface area contributed by atoms with Crippen molar-refractivity contribution >= 4 is 12.0 Å². The molecule has 2 N–H and O–H groups in total. The number of morpholine rings is 1. The van der Waals surface area contributed by atoms with Crippen molar-refractivity contribution in [1.29, 1.82) is 0 Å². The molecule has 0 radical (unpaired) electrons. The van der Waals surface area contributed by atoms with Gasteiger partial charge in [-0.1, -0.05) is 0 Å². The zero-order valence-electron chi connectivity index (χ0n) is 12.3. The Bertz CT molecular complexity index is 373. The Kier molecular flexibility index (Phi) is 5.77. The highest BCUT2D eigenvalue weighted by atomic mass is 16.5. The van der Waals surface area contributed by atoms with Gasteiger partial charge in [0.2, 0.25) is 0 Å². The van der Waals surface area contributed by atoms with Crippen molar-refractivity contribution in [3.63, 3.8) is 0 Å². The highest BCUT2D eigenvalue weighted by Crippen LogP contribution is 2.20. The number of urea groups is 1. The third kappa shape index (κ3) is 4.29. The third-order valence-electron chi connectivity index (χ3n) is 3.95. The van der Waals surface area contributed by atoms with Gasteiger partial charge in [0, 0.05) is 46.3 Å². The van der Waals surface area contributed by atoms with E-state index in [1.165, 1.54) is 12.0 Å². The average Bonchev–Trinajstić information content (AvgIpc) is 2.93. The molecule has 0 saturated carbocycles. The maximum absolute atomic E-state index is 12.1. The largest absolute Gasteiger partial charge is 0.480 e. The Morgan fingerprint density at radius 2 is 2.10 bits per heavy atom. The molecule has 2 rings (SSSR count). The van der Waals surface area contributed by atoms with Gasteiger partial charge in [-0.2, -0.15) is 0 Å². The molecule has 0 aromatic heterocycles. The van der Waals surface area contributed by atoms with E-state index in [-0.39, 0.29) is 12.1 Å². The van der Waals surface area contributed by atoms with E-state index < -0.39 is 12.0 Å². The molecule has 0 spiro atoms. The molecule has 0 aromatic rings. The first-order valence-corrected chi connectivity index (χ1v) is 7.22. The molecule has 0 aromatic carbocycles. The van der Waals surface area contributed by atoms with Crippen LogP contribution in [0.15, 0.2) is 0 Å². The quantitative estimate of drug-likeness (QED) is 0.691. The molecule has 2 unspecified atom stereocenters. The van der Waals surface area contributed by atoms with E-state index in [0.29, 0.717) is 19.5 Å². The van der Waals surface area contributed by atoms with Crippen LogP contribution in [0.3, 0.4) is 0 Å². The number of carboxylic acids is 1. The minimum atomic E-state index is -0.988. The summed E-state index contributed by atoms with van der Waals surface area (Å²) < 4.78 is 10.4. The van der Waals surface area contributed by atoms with Crippen LogP contribution in [0.1, 0.15) is 6.42 Å². The van der Waals surface area contributed by atoms with Gasteiger partial charge in [0.05, 0.1) is 19.3 Å². The van der Waals surface area contributed by atoms with Crippen molar-refractivity contribution in [2.45, 2.75) is 18.6 Å². The average molecular weight is 301 g/mol. The van der Waals surface area contributed by atoms with Crippen molar-refractivity contribution in [2.24, 2.45) is 0 Å². The van der Waals surface area contributed by atoms with Crippen LogP contribution in [0.2, 0.25) is 0 Å². The Labute approximate surface area is 124 Å². The Morgan fingerprint density at radius 1 is 1.38 bits per heavy atom. The minimum Gasteiger partial charge on any atom is -0.480 e. The van der Waals surface area contributed by atoms with Crippen LogP contribution in [-0.4, -0.2) is 92.1 Å². The number of carbonyl (C=O) groups is 2. The fourth-order valence-corrected chi connectivity index (χ4v) is 2.67. The number of aliphatic carboxylic acids is 1. The normalized spacial score (nSPS) is 26.8. The first kappa shape index (κ1) is 16.0. The number of methoxy groups -OCH3 is 1. The molecule has 8 heteroatoms. The highest BCUT2D eigenvalue weighted by molar-refractivity contribution is 5.83. The van der Waals surface area contributed by atoms with Gasteiger partial charge in [-0.05, 0) is 0 Å². The van der Waals surface area contributed by atoms with E-state index in [0.717, 1.165) is 32.8 Å². The number of carboxylic acid groups (broad SMARTS) is 1. The lowest BCUT2D eigenvalue weighted by atomic mass is 10.2. The summed E-state index contributed by atoms with van der Waals surface area (Å²) >= 11 is 0. The van der Waals surface area contributed by atoms with E-state index in [1.54, 1.807) is 0 Å². The maximum atomic E-state index is 12.1. The first-order valence-electron chi connectivity index (χ1n) is 7.22. The molecule has 2 amide bonds. The number of ether oxygens (including phenoxy) is 2. The number of nitrogens with one attached hydrogen (secondary N) is 1. The number of nitrogens with zero attached hydrogens (tertiary/aromatic N) is 2. The number of hydrogen-bond donors (Lipinski definition) is 2. The zero-order valence-corrected chi connectivity index (χ0v) is 12.3. The second-order valence-electron chi connectivity index (χ2n) is 5.29. The van der Waals surface area contributed by atoms with E-state index in [2.05, 4.69) is 10.2 Å². The van der Waals surface area contributed by atoms with Crippen molar-refractivity contribution in [3.05, 3.63) is 0 Å². The molecule has 8 nitrogen and oxygen atoms in total. The fraction of sp³-hybridized carbons (Fsp3) is 0.846. The lowest BCUT2D eigenvalue weighted by Gasteiger charge is -2.27. The summed E-state index contributed by atoms with van der Waals surface area (Å²) in [7, 11) is 1.53. The molecule has 120 valence electrons. The van der Waals surface area contributed by atoms with Crippen LogP contribution in [0.5, 0.6) is 0 Å². The van der Waals surface area contributed by atoms with Crippen LogP contribution in [0.25, 0.3) is 0 Å². The standard InChI is InChI=1S/C13H23N3O5/c1-20-10-8-11(12(17)18)16(9-10)13(19)14-2-3-15-4-6-21-7-5-15/h10-11H,2-9H2,1H3,(H,14,19)(H,17,18). The van der Waals surface area contributed by atoms with Gasteiger partial charge in [-0.3, -0.25) is 4.90 Å². The third-order valence-corrected chi connectivity index (χ3v) is 3.95. The van der Waals surface area contributed by atoms with Crippen molar-refractivity contribution < 1.29 is 24.2 Å². The van der Waals surface area contributed by atoms with Crippen molar-refractivity contribution in [2.75, 3.05) is 53.0 Å². The number of carbonyl (C=O) groups excluding carboxylic acids is 1. The second kappa shape index (κ2) is 7.58. The van der Waals surface area contributed by atoms with E-state index in [9.17, 15) is 14.7 Å². The molecular formula is C13H23N3O5. The van der Waals surface area contributed by atoms with Gasteiger partial charge in [0.1, 0.15) is 6.04 Å². The summed E-state index contributed by atoms with van der Waals surface area (Å²) in [6, 6.07) is -1.14. The molecule has 0 bridgehead atoms. The number of hydrogen-bond acceptors (Lipinski definition) is 5. The Balaban J connectivity index is 1.77. The molecule has 2 aliphatic heterocycles. The number of likely N-dealkylation sites (tertiary alicyclic amines) is 1. The monoisotopic (exact) mass is 301 g/mol. The van der Waals surface area contributed by atoms with Crippen molar-refractivity contribution in [1.82, 2.24) is 15.1 Å². The predicted octanol–water partition coefficient (Wildman–Crippen LogP) is -0.798. The van der Waals surface area contributed by atoms with Crippen LogP contribution in [-0.2, 0) is 14.3 Å². The summed E-state index contributed by atoms with van der Waals surface area (Å²) in [6.45, 7) is 4.73. The summed E-state index contributed by atoms with van der Waals surface area (Å²) in [5.74, 6) is -0.988. The lowest BCUT2D eigenvalue weighted by molar-refractivity contribution is -0.141. The van der Waals surface area contributed by atoms with Gasteiger partial charge >= 0.3 is 12.0 Å². The van der Waals surface area contributed by atoms with Gasteiger partial charge in [-0.15, -0.1) is 0 Å². The molecule has 2 heterocycles. The molecule has 2 atom stereocenters. The topological polar surface area (TPSA) is 91.3 Å². The summed E-state index contributed by atoms with van der Waals surface area (Å²) in [5.41, 5.74) is 0. The van der Waals surface area contributed by atoms with Crippen LogP contribution < -0.4 is 5.32 Å². The predicted molar refractivity (Wildman–Crippen MR) is 74.2 cm³/mol.